The fourth-order valence-electron chi connectivity index (χ4n) is 2.15. The summed E-state index contributed by atoms with van der Waals surface area (Å²) in [6, 6.07) is 1.48. The summed E-state index contributed by atoms with van der Waals surface area (Å²) in [4.78, 5) is 11.0. The zero-order chi connectivity index (χ0) is 16.4. The molecule has 0 amide bonds. The van der Waals surface area contributed by atoms with Gasteiger partial charge in [-0.05, 0) is 27.7 Å². The molecule has 0 aliphatic heterocycles. The number of carboxylic acid groups (broad SMARTS) is 1. The van der Waals surface area contributed by atoms with Crippen LogP contribution in [0.5, 0.6) is 0 Å². The van der Waals surface area contributed by atoms with E-state index in [0.29, 0.717) is 0 Å². The second-order valence-corrected chi connectivity index (χ2v) is 6.67. The van der Waals surface area contributed by atoms with Gasteiger partial charge in [-0.2, -0.15) is 9.57 Å². The number of sulfonamides is 1. The van der Waals surface area contributed by atoms with Crippen LogP contribution in [0.1, 0.15) is 42.1 Å². The molecule has 0 saturated heterocycles. The summed E-state index contributed by atoms with van der Waals surface area (Å²) in [5, 5.41) is 17.9. The first-order valence-corrected chi connectivity index (χ1v) is 7.80. The van der Waals surface area contributed by atoms with Crippen molar-refractivity contribution in [1.82, 2.24) is 4.31 Å². The molecule has 1 heterocycles. The van der Waals surface area contributed by atoms with Crippen molar-refractivity contribution in [2.75, 3.05) is 6.54 Å². The van der Waals surface area contributed by atoms with Crippen molar-refractivity contribution in [3.63, 3.8) is 0 Å². The van der Waals surface area contributed by atoms with E-state index in [2.05, 4.69) is 0 Å². The third-order valence-electron chi connectivity index (χ3n) is 3.01. The van der Waals surface area contributed by atoms with Crippen molar-refractivity contribution in [3.05, 3.63) is 17.1 Å². The molecule has 8 heteroatoms. The molecule has 1 N–H and O–H groups in total. The quantitative estimate of drug-likeness (QED) is 0.858. The first-order valence-electron chi connectivity index (χ1n) is 6.36. The van der Waals surface area contributed by atoms with Gasteiger partial charge in [0, 0.05) is 19.0 Å². The molecular weight excluding hydrogens is 296 g/mol. The van der Waals surface area contributed by atoms with Crippen LogP contribution < -0.4 is 0 Å². The summed E-state index contributed by atoms with van der Waals surface area (Å²) in [6.07, 6.45) is 0.0235. The Morgan fingerprint density at radius 2 is 1.95 bits per heavy atom. The zero-order valence-electron chi connectivity index (χ0n) is 12.4. The first kappa shape index (κ1) is 17.2. The largest absolute Gasteiger partial charge is 0.478 e. The number of rotatable bonds is 6. The molecule has 0 aromatic carbocycles. The highest BCUT2D eigenvalue weighted by Crippen LogP contribution is 2.30. The summed E-state index contributed by atoms with van der Waals surface area (Å²) in [5.41, 5.74) is -0.352. The molecule has 0 radical (unpaired) electrons. The second kappa shape index (κ2) is 6.28. The number of nitrogens with zero attached hydrogens (tertiary/aromatic N) is 2. The van der Waals surface area contributed by atoms with E-state index in [1.807, 2.05) is 6.07 Å². The molecule has 116 valence electrons. The maximum Gasteiger partial charge on any atom is 0.340 e. The molecule has 1 aromatic rings. The minimum absolute atomic E-state index is 0.000767. The van der Waals surface area contributed by atoms with E-state index in [0.717, 1.165) is 4.31 Å². The standard InChI is InChI=1S/C13H18N2O5S/c1-8(2)15(7-5-6-14)21(18,19)12-10(4)20-9(3)11(12)13(16)17/h8H,5,7H2,1-4H3,(H,16,17). The summed E-state index contributed by atoms with van der Waals surface area (Å²) in [5.74, 6) is -1.28. The summed E-state index contributed by atoms with van der Waals surface area (Å²) in [6.45, 7) is 6.15. The number of hydrogen-bond donors (Lipinski definition) is 1. The van der Waals surface area contributed by atoms with Crippen LogP contribution in [0.15, 0.2) is 9.31 Å². The molecule has 0 spiro atoms. The lowest BCUT2D eigenvalue weighted by Crippen LogP contribution is -2.38. The van der Waals surface area contributed by atoms with Crippen molar-refractivity contribution < 1.29 is 22.7 Å². The van der Waals surface area contributed by atoms with Crippen molar-refractivity contribution >= 4 is 16.0 Å². The van der Waals surface area contributed by atoms with E-state index in [1.54, 1.807) is 13.8 Å². The average Bonchev–Trinajstić information content (AvgIpc) is 2.64. The van der Waals surface area contributed by atoms with Crippen LogP contribution in [0.2, 0.25) is 0 Å². The molecule has 1 aromatic heterocycles. The molecule has 0 aliphatic carbocycles. The number of nitriles is 1. The third kappa shape index (κ3) is 3.25. The monoisotopic (exact) mass is 314 g/mol. The fourth-order valence-corrected chi connectivity index (χ4v) is 4.17. The van der Waals surface area contributed by atoms with E-state index in [1.165, 1.54) is 13.8 Å². The Kier molecular flexibility index (Phi) is 5.15. The van der Waals surface area contributed by atoms with Crippen LogP contribution in [-0.2, 0) is 10.0 Å². The number of aromatic carboxylic acids is 1. The highest BCUT2D eigenvalue weighted by Gasteiger charge is 2.36. The van der Waals surface area contributed by atoms with Crippen LogP contribution in [0.3, 0.4) is 0 Å². The Balaban J connectivity index is 3.49. The summed E-state index contributed by atoms with van der Waals surface area (Å²) < 4.78 is 31.8. The van der Waals surface area contributed by atoms with Crippen LogP contribution >= 0.6 is 0 Å². The highest BCUT2D eigenvalue weighted by atomic mass is 32.2. The van der Waals surface area contributed by atoms with E-state index in [9.17, 15) is 18.3 Å². The fraction of sp³-hybridized carbons (Fsp3) is 0.538. The maximum absolute atomic E-state index is 12.7. The van der Waals surface area contributed by atoms with E-state index in [-0.39, 0.29) is 34.9 Å². The summed E-state index contributed by atoms with van der Waals surface area (Å²) in [7, 11) is -4.05. The number of carbonyl (C=O) groups is 1. The van der Waals surface area contributed by atoms with Gasteiger partial charge in [-0.3, -0.25) is 0 Å². The molecule has 0 bridgehead atoms. The highest BCUT2D eigenvalue weighted by molar-refractivity contribution is 7.89. The van der Waals surface area contributed by atoms with E-state index < -0.39 is 22.0 Å². The van der Waals surface area contributed by atoms with Gasteiger partial charge in [0.25, 0.3) is 0 Å². The maximum atomic E-state index is 12.7. The molecular formula is C13H18N2O5S. The molecule has 7 nitrogen and oxygen atoms in total. The number of carboxylic acids is 1. The molecule has 21 heavy (non-hydrogen) atoms. The molecule has 0 fully saturated rings. The lowest BCUT2D eigenvalue weighted by molar-refractivity contribution is 0.0691. The Bertz CT molecular complexity index is 682. The topological polar surface area (TPSA) is 112 Å². The third-order valence-corrected chi connectivity index (χ3v) is 5.23. The van der Waals surface area contributed by atoms with Gasteiger partial charge in [-0.1, -0.05) is 0 Å². The molecule has 0 aliphatic rings. The van der Waals surface area contributed by atoms with Crippen LogP contribution in [-0.4, -0.2) is 36.4 Å². The Morgan fingerprint density at radius 1 is 1.38 bits per heavy atom. The Morgan fingerprint density at radius 3 is 2.38 bits per heavy atom. The van der Waals surface area contributed by atoms with Gasteiger partial charge in [0.15, 0.2) is 0 Å². The van der Waals surface area contributed by atoms with Gasteiger partial charge < -0.3 is 9.52 Å². The molecule has 0 unspecified atom stereocenters. The summed E-state index contributed by atoms with van der Waals surface area (Å²) >= 11 is 0. The average molecular weight is 314 g/mol. The smallest absolute Gasteiger partial charge is 0.340 e. The minimum Gasteiger partial charge on any atom is -0.478 e. The lowest BCUT2D eigenvalue weighted by atomic mass is 10.2. The molecule has 1 rings (SSSR count). The SMILES string of the molecule is Cc1oc(C)c(S(=O)(=O)N(CCC#N)C(C)C)c1C(=O)O. The normalized spacial score (nSPS) is 11.9. The van der Waals surface area contributed by atoms with Gasteiger partial charge in [-0.15, -0.1) is 0 Å². The minimum atomic E-state index is -4.05. The molecule has 0 saturated carbocycles. The zero-order valence-corrected chi connectivity index (χ0v) is 13.2. The molecule has 0 atom stereocenters. The van der Waals surface area contributed by atoms with Gasteiger partial charge in [0.2, 0.25) is 10.0 Å². The van der Waals surface area contributed by atoms with Gasteiger partial charge in [-0.25, -0.2) is 13.2 Å². The van der Waals surface area contributed by atoms with E-state index >= 15 is 0 Å². The van der Waals surface area contributed by atoms with Crippen molar-refractivity contribution in [3.8, 4) is 6.07 Å². The van der Waals surface area contributed by atoms with Gasteiger partial charge in [0.05, 0.1) is 6.07 Å². The Hall–Kier alpha value is -1.85. The number of hydrogen-bond acceptors (Lipinski definition) is 5. The predicted octanol–water partition coefficient (Wildman–Crippen LogP) is 1.91. The van der Waals surface area contributed by atoms with Crippen LogP contribution in [0, 0.1) is 25.2 Å². The predicted molar refractivity (Wildman–Crippen MR) is 74.4 cm³/mol. The van der Waals surface area contributed by atoms with Crippen LogP contribution in [0.25, 0.3) is 0 Å². The Labute approximate surface area is 123 Å². The first-order chi connectivity index (χ1) is 9.64. The van der Waals surface area contributed by atoms with Gasteiger partial charge in [0.1, 0.15) is 22.0 Å². The van der Waals surface area contributed by atoms with Crippen molar-refractivity contribution in [2.24, 2.45) is 0 Å². The van der Waals surface area contributed by atoms with Gasteiger partial charge >= 0.3 is 5.97 Å². The second-order valence-electron chi connectivity index (χ2n) is 4.84. The lowest BCUT2D eigenvalue weighted by Gasteiger charge is -2.24. The van der Waals surface area contributed by atoms with Crippen molar-refractivity contribution in [1.29, 1.82) is 5.26 Å². The number of aryl methyl sites for hydroxylation is 2. The van der Waals surface area contributed by atoms with Crippen LogP contribution in [0.4, 0.5) is 0 Å². The van der Waals surface area contributed by atoms with Crippen molar-refractivity contribution in [2.45, 2.75) is 45.1 Å². The number of furan rings is 1. The van der Waals surface area contributed by atoms with E-state index in [4.69, 9.17) is 9.68 Å².